The average Bonchev–Trinajstić information content (AvgIpc) is 2.73. The number of hydrogen-bond acceptors (Lipinski definition) is 4. The molecular weight excluding hydrogens is 479 g/mol. The Morgan fingerprint density at radius 2 is 1.71 bits per heavy atom. The fourth-order valence-electron chi connectivity index (χ4n) is 3.27. The Bertz CT molecular complexity index is 1010. The fraction of sp³-hybridized carbons (Fsp3) is 0.286. The van der Waals surface area contributed by atoms with Gasteiger partial charge >= 0.3 is 0 Å². The number of nitrogens with zero attached hydrogens (tertiary/aromatic N) is 2. The van der Waals surface area contributed by atoms with E-state index in [1.165, 1.54) is 12.1 Å². The van der Waals surface area contributed by atoms with Crippen LogP contribution in [-0.4, -0.2) is 48.0 Å². The molecule has 0 spiro atoms. The predicted octanol–water partition coefficient (Wildman–Crippen LogP) is 4.83. The van der Waals surface area contributed by atoms with Gasteiger partial charge in [-0.3, -0.25) is 14.9 Å². The summed E-state index contributed by atoms with van der Waals surface area (Å²) in [6.45, 7) is 4.65. The van der Waals surface area contributed by atoms with Crippen LogP contribution in [0.15, 0.2) is 36.4 Å². The maximum Gasteiger partial charge on any atom is 0.258 e. The molecule has 0 radical (unpaired) electrons. The molecule has 1 fully saturated rings. The second-order valence-electron chi connectivity index (χ2n) is 6.92. The van der Waals surface area contributed by atoms with Crippen molar-refractivity contribution in [2.75, 3.05) is 36.4 Å². The molecule has 0 unspecified atom stereocenters. The van der Waals surface area contributed by atoms with E-state index in [9.17, 15) is 9.59 Å². The lowest BCUT2D eigenvalue weighted by Gasteiger charge is -2.36. The van der Waals surface area contributed by atoms with Gasteiger partial charge in [-0.25, -0.2) is 0 Å². The second kappa shape index (κ2) is 10.5. The first kappa shape index (κ1) is 23.6. The highest BCUT2D eigenvalue weighted by Crippen LogP contribution is 2.30. The quantitative estimate of drug-likeness (QED) is 0.590. The van der Waals surface area contributed by atoms with Crippen LogP contribution in [0.3, 0.4) is 0 Å². The van der Waals surface area contributed by atoms with Gasteiger partial charge in [0, 0.05) is 43.3 Å². The minimum absolute atomic E-state index is 0.117. The van der Waals surface area contributed by atoms with Crippen molar-refractivity contribution in [3.8, 4) is 0 Å². The summed E-state index contributed by atoms with van der Waals surface area (Å²) in [4.78, 5) is 28.2. The minimum atomic E-state index is -0.443. The third-order valence-electron chi connectivity index (χ3n) is 4.88. The van der Waals surface area contributed by atoms with Gasteiger partial charge in [-0.05, 0) is 48.6 Å². The zero-order valence-electron chi connectivity index (χ0n) is 16.8. The maximum absolute atomic E-state index is 12.4. The molecule has 164 valence electrons. The number of hydrogen-bond donors (Lipinski definition) is 2. The highest BCUT2D eigenvalue weighted by molar-refractivity contribution is 7.80. The molecule has 1 aliphatic heterocycles. The smallest absolute Gasteiger partial charge is 0.258 e. The third-order valence-corrected chi connectivity index (χ3v) is 5.94. The predicted molar refractivity (Wildman–Crippen MR) is 131 cm³/mol. The molecule has 1 saturated heterocycles. The molecule has 2 amide bonds. The van der Waals surface area contributed by atoms with Gasteiger partial charge in [-0.15, -0.1) is 0 Å². The Morgan fingerprint density at radius 3 is 2.32 bits per heavy atom. The summed E-state index contributed by atoms with van der Waals surface area (Å²) >= 11 is 23.6. The summed E-state index contributed by atoms with van der Waals surface area (Å²) in [5.74, 6) is -0.276. The fourth-order valence-corrected chi connectivity index (χ4v) is 4.27. The highest BCUT2D eigenvalue weighted by Gasteiger charge is 2.21. The van der Waals surface area contributed by atoms with Crippen LogP contribution >= 0.6 is 47.0 Å². The van der Waals surface area contributed by atoms with E-state index >= 15 is 0 Å². The van der Waals surface area contributed by atoms with Gasteiger partial charge in [0.15, 0.2) is 5.11 Å². The van der Waals surface area contributed by atoms with Gasteiger partial charge in [0.05, 0.1) is 21.3 Å². The number of rotatable bonds is 4. The van der Waals surface area contributed by atoms with Gasteiger partial charge < -0.3 is 15.1 Å². The zero-order chi connectivity index (χ0) is 22.5. The number of halogens is 3. The normalized spacial score (nSPS) is 13.7. The highest BCUT2D eigenvalue weighted by atomic mass is 35.5. The Balaban J connectivity index is 1.59. The van der Waals surface area contributed by atoms with Crippen LogP contribution in [0.1, 0.15) is 23.7 Å². The summed E-state index contributed by atoms with van der Waals surface area (Å²) in [6.07, 6.45) is 0.516. The molecule has 2 aromatic carbocycles. The van der Waals surface area contributed by atoms with Crippen molar-refractivity contribution in [3.05, 3.63) is 57.0 Å². The third kappa shape index (κ3) is 6.01. The van der Waals surface area contributed by atoms with E-state index in [1.807, 2.05) is 24.0 Å². The van der Waals surface area contributed by atoms with Crippen molar-refractivity contribution in [2.24, 2.45) is 0 Å². The largest absolute Gasteiger partial charge is 0.367 e. The van der Waals surface area contributed by atoms with E-state index in [4.69, 9.17) is 47.0 Å². The Labute approximate surface area is 201 Å². The standard InChI is InChI=1S/C21H21Cl3N4O2S/c1-2-19(29)28-9-7-27(8-10-28)18-6-4-14(12-17(18)24)25-21(31)26-20(30)15-5-3-13(22)11-16(15)23/h3-6,11-12H,2,7-10H2,1H3,(H2,25,26,30,31). The SMILES string of the molecule is CCC(=O)N1CCN(c2ccc(NC(=S)NC(=O)c3ccc(Cl)cc3Cl)cc2Cl)CC1. The molecule has 0 saturated carbocycles. The summed E-state index contributed by atoms with van der Waals surface area (Å²) in [6, 6.07) is 10.1. The average molecular weight is 500 g/mol. The molecule has 1 aliphatic rings. The molecule has 0 aliphatic carbocycles. The number of thiocarbonyl (C=S) groups is 1. The van der Waals surface area contributed by atoms with Crippen molar-refractivity contribution in [2.45, 2.75) is 13.3 Å². The molecule has 3 rings (SSSR count). The molecule has 0 aromatic heterocycles. The Kier molecular flexibility index (Phi) is 8.00. The number of anilines is 2. The number of nitrogens with one attached hydrogen (secondary N) is 2. The van der Waals surface area contributed by atoms with Crippen molar-refractivity contribution in [1.29, 1.82) is 0 Å². The number of carbonyl (C=O) groups is 2. The van der Waals surface area contributed by atoms with Gasteiger partial charge in [0.25, 0.3) is 5.91 Å². The number of carbonyl (C=O) groups excluding carboxylic acids is 2. The van der Waals surface area contributed by atoms with E-state index in [1.54, 1.807) is 12.1 Å². The van der Waals surface area contributed by atoms with E-state index in [-0.39, 0.29) is 21.6 Å². The van der Waals surface area contributed by atoms with E-state index < -0.39 is 5.91 Å². The summed E-state index contributed by atoms with van der Waals surface area (Å²) in [7, 11) is 0. The van der Waals surface area contributed by atoms with Crippen LogP contribution in [-0.2, 0) is 4.79 Å². The zero-order valence-corrected chi connectivity index (χ0v) is 19.8. The van der Waals surface area contributed by atoms with Gasteiger partial charge in [-0.1, -0.05) is 41.7 Å². The summed E-state index contributed by atoms with van der Waals surface area (Å²) in [5, 5.41) is 6.88. The second-order valence-corrected chi connectivity index (χ2v) is 8.58. The lowest BCUT2D eigenvalue weighted by Crippen LogP contribution is -2.48. The van der Waals surface area contributed by atoms with E-state index in [2.05, 4.69) is 15.5 Å². The van der Waals surface area contributed by atoms with Crippen LogP contribution in [0, 0.1) is 0 Å². The molecule has 0 atom stereocenters. The molecule has 2 aromatic rings. The minimum Gasteiger partial charge on any atom is -0.367 e. The van der Waals surface area contributed by atoms with Gasteiger partial charge in [0.2, 0.25) is 5.91 Å². The van der Waals surface area contributed by atoms with Crippen LogP contribution in [0.4, 0.5) is 11.4 Å². The van der Waals surface area contributed by atoms with E-state index in [0.717, 1.165) is 5.69 Å². The van der Waals surface area contributed by atoms with Crippen LogP contribution in [0.25, 0.3) is 0 Å². The van der Waals surface area contributed by atoms with Crippen LogP contribution in [0.5, 0.6) is 0 Å². The molecule has 1 heterocycles. The van der Waals surface area contributed by atoms with Crippen LogP contribution < -0.4 is 15.5 Å². The van der Waals surface area contributed by atoms with Gasteiger partial charge in [0.1, 0.15) is 0 Å². The van der Waals surface area contributed by atoms with Crippen molar-refractivity contribution < 1.29 is 9.59 Å². The first-order chi connectivity index (χ1) is 14.8. The van der Waals surface area contributed by atoms with E-state index in [0.29, 0.717) is 48.3 Å². The maximum atomic E-state index is 12.4. The number of amides is 2. The van der Waals surface area contributed by atoms with Crippen molar-refractivity contribution in [3.63, 3.8) is 0 Å². The molecule has 10 heteroatoms. The summed E-state index contributed by atoms with van der Waals surface area (Å²) in [5.41, 5.74) is 1.80. The Hall–Kier alpha value is -2.06. The molecule has 0 bridgehead atoms. The molecule has 2 N–H and O–H groups in total. The van der Waals surface area contributed by atoms with Crippen molar-refractivity contribution in [1.82, 2.24) is 10.2 Å². The number of piperazine rings is 1. The lowest BCUT2D eigenvalue weighted by atomic mass is 10.2. The van der Waals surface area contributed by atoms with Crippen molar-refractivity contribution >= 4 is 75.3 Å². The first-order valence-electron chi connectivity index (χ1n) is 9.68. The molecular formula is C21H21Cl3N4O2S. The van der Waals surface area contributed by atoms with Crippen LogP contribution in [0.2, 0.25) is 15.1 Å². The summed E-state index contributed by atoms with van der Waals surface area (Å²) < 4.78 is 0. The molecule has 31 heavy (non-hydrogen) atoms. The topological polar surface area (TPSA) is 64.7 Å². The lowest BCUT2D eigenvalue weighted by molar-refractivity contribution is -0.131. The monoisotopic (exact) mass is 498 g/mol. The van der Waals surface area contributed by atoms with Gasteiger partial charge in [-0.2, -0.15) is 0 Å². The molecule has 6 nitrogen and oxygen atoms in total. The first-order valence-corrected chi connectivity index (χ1v) is 11.2. The Morgan fingerprint density at radius 1 is 1.00 bits per heavy atom. The number of benzene rings is 2.